The van der Waals surface area contributed by atoms with Gasteiger partial charge in [-0.3, -0.25) is 4.98 Å². The summed E-state index contributed by atoms with van der Waals surface area (Å²) in [6, 6.07) is 2.07. The van der Waals surface area contributed by atoms with E-state index in [-0.39, 0.29) is 6.61 Å². The Balaban J connectivity index is 2.08. The topological polar surface area (TPSA) is 63.8 Å². The molecule has 0 bridgehead atoms. The smallest absolute Gasteiger partial charge is 0.0850 e. The van der Waals surface area contributed by atoms with Crippen molar-refractivity contribution in [3.63, 3.8) is 0 Å². The van der Waals surface area contributed by atoms with Gasteiger partial charge in [-0.05, 0) is 18.1 Å². The van der Waals surface area contributed by atoms with Crippen molar-refractivity contribution in [2.45, 2.75) is 19.9 Å². The number of hydrogen-bond acceptors (Lipinski definition) is 4. The van der Waals surface area contributed by atoms with E-state index in [0.29, 0.717) is 13.0 Å². The second-order valence-corrected chi connectivity index (χ2v) is 3.75. The standard InChI is InChI=1S/C11H14N4O/c1-9-4-10(6-12-5-9)7-15-8-11(2-3-16)13-14-15/h4-6,8,16H,2-3,7H2,1H3. The minimum absolute atomic E-state index is 0.102. The number of pyridine rings is 1. The molecule has 0 aliphatic rings. The monoisotopic (exact) mass is 218 g/mol. The Morgan fingerprint density at radius 2 is 2.25 bits per heavy atom. The van der Waals surface area contributed by atoms with Gasteiger partial charge in [0.25, 0.3) is 0 Å². The highest BCUT2D eigenvalue weighted by Gasteiger charge is 2.01. The van der Waals surface area contributed by atoms with Gasteiger partial charge < -0.3 is 5.11 Å². The van der Waals surface area contributed by atoms with E-state index in [1.165, 1.54) is 0 Å². The van der Waals surface area contributed by atoms with Gasteiger partial charge in [0.2, 0.25) is 0 Å². The van der Waals surface area contributed by atoms with Crippen molar-refractivity contribution in [2.24, 2.45) is 0 Å². The largest absolute Gasteiger partial charge is 0.396 e. The first kappa shape index (κ1) is 10.8. The predicted octanol–water partition coefficient (Wildman–Crippen LogP) is 0.565. The Morgan fingerprint density at radius 3 is 3.00 bits per heavy atom. The van der Waals surface area contributed by atoms with Gasteiger partial charge in [0.15, 0.2) is 0 Å². The Bertz CT molecular complexity index is 467. The van der Waals surface area contributed by atoms with Crippen LogP contribution in [-0.4, -0.2) is 31.7 Å². The van der Waals surface area contributed by atoms with Crippen molar-refractivity contribution in [2.75, 3.05) is 6.61 Å². The third-order valence-electron chi connectivity index (χ3n) is 2.23. The van der Waals surface area contributed by atoms with Gasteiger partial charge in [0, 0.05) is 31.6 Å². The zero-order valence-electron chi connectivity index (χ0n) is 9.17. The van der Waals surface area contributed by atoms with E-state index in [9.17, 15) is 0 Å². The highest BCUT2D eigenvalue weighted by atomic mass is 16.3. The molecule has 2 aromatic heterocycles. The maximum atomic E-state index is 8.77. The van der Waals surface area contributed by atoms with Crippen LogP contribution >= 0.6 is 0 Å². The van der Waals surface area contributed by atoms with Crippen LogP contribution in [0.25, 0.3) is 0 Å². The third-order valence-corrected chi connectivity index (χ3v) is 2.23. The number of aliphatic hydroxyl groups is 1. The maximum Gasteiger partial charge on any atom is 0.0850 e. The van der Waals surface area contributed by atoms with Crippen LogP contribution in [0.4, 0.5) is 0 Å². The fraction of sp³-hybridized carbons (Fsp3) is 0.364. The molecule has 2 heterocycles. The lowest BCUT2D eigenvalue weighted by Gasteiger charge is -2.00. The van der Waals surface area contributed by atoms with Gasteiger partial charge >= 0.3 is 0 Å². The second-order valence-electron chi connectivity index (χ2n) is 3.75. The molecule has 5 nitrogen and oxygen atoms in total. The van der Waals surface area contributed by atoms with Crippen LogP contribution in [-0.2, 0) is 13.0 Å². The summed E-state index contributed by atoms with van der Waals surface area (Å²) in [7, 11) is 0. The lowest BCUT2D eigenvalue weighted by Crippen LogP contribution is -2.01. The first-order valence-corrected chi connectivity index (χ1v) is 5.18. The quantitative estimate of drug-likeness (QED) is 0.814. The van der Waals surface area contributed by atoms with E-state index < -0.39 is 0 Å². The summed E-state index contributed by atoms with van der Waals surface area (Å²) < 4.78 is 1.75. The van der Waals surface area contributed by atoms with E-state index in [2.05, 4.69) is 21.4 Å². The minimum atomic E-state index is 0.102. The molecular weight excluding hydrogens is 204 g/mol. The Hall–Kier alpha value is -1.75. The van der Waals surface area contributed by atoms with Crippen molar-refractivity contribution in [3.05, 3.63) is 41.5 Å². The second kappa shape index (κ2) is 4.85. The summed E-state index contributed by atoms with van der Waals surface area (Å²) in [5.41, 5.74) is 3.04. The van der Waals surface area contributed by atoms with Gasteiger partial charge in [0.05, 0.1) is 12.2 Å². The molecule has 84 valence electrons. The molecule has 0 aromatic carbocycles. The molecule has 0 saturated heterocycles. The lowest BCUT2D eigenvalue weighted by molar-refractivity contribution is 0.298. The summed E-state index contributed by atoms with van der Waals surface area (Å²) in [5, 5.41) is 16.7. The first-order chi connectivity index (χ1) is 7.78. The van der Waals surface area contributed by atoms with Crippen LogP contribution in [0.2, 0.25) is 0 Å². The first-order valence-electron chi connectivity index (χ1n) is 5.18. The van der Waals surface area contributed by atoms with Gasteiger partial charge in [-0.1, -0.05) is 11.3 Å². The van der Waals surface area contributed by atoms with Crippen LogP contribution in [0.5, 0.6) is 0 Å². The van der Waals surface area contributed by atoms with Gasteiger partial charge in [0.1, 0.15) is 0 Å². The molecule has 0 aliphatic heterocycles. The summed E-state index contributed by atoms with van der Waals surface area (Å²) in [6.45, 7) is 2.77. The van der Waals surface area contributed by atoms with Gasteiger partial charge in [-0.15, -0.1) is 5.10 Å². The molecule has 0 radical (unpaired) electrons. The van der Waals surface area contributed by atoms with Crippen LogP contribution in [0.15, 0.2) is 24.7 Å². The third kappa shape index (κ3) is 2.64. The molecule has 5 heteroatoms. The number of hydrogen-bond donors (Lipinski definition) is 1. The van der Waals surface area contributed by atoms with Crippen molar-refractivity contribution < 1.29 is 5.11 Å². The van der Waals surface area contributed by atoms with E-state index in [1.807, 2.05) is 25.5 Å². The van der Waals surface area contributed by atoms with Crippen LogP contribution in [0.3, 0.4) is 0 Å². The van der Waals surface area contributed by atoms with Crippen LogP contribution in [0.1, 0.15) is 16.8 Å². The number of aromatic nitrogens is 4. The maximum absolute atomic E-state index is 8.77. The molecule has 0 unspecified atom stereocenters. The molecule has 2 rings (SSSR count). The zero-order valence-corrected chi connectivity index (χ0v) is 9.17. The number of rotatable bonds is 4. The number of nitrogens with zero attached hydrogens (tertiary/aromatic N) is 4. The van der Waals surface area contributed by atoms with Crippen LogP contribution < -0.4 is 0 Å². The molecule has 0 aliphatic carbocycles. The van der Waals surface area contributed by atoms with Crippen molar-refractivity contribution in [3.8, 4) is 0 Å². The highest BCUT2D eigenvalue weighted by molar-refractivity contribution is 5.16. The molecule has 1 N–H and O–H groups in total. The SMILES string of the molecule is Cc1cncc(Cn2cc(CCO)nn2)c1. The molecular formula is C11H14N4O. The summed E-state index contributed by atoms with van der Waals surface area (Å²) in [5.74, 6) is 0. The van der Waals surface area contributed by atoms with E-state index in [1.54, 1.807) is 4.68 Å². The average molecular weight is 218 g/mol. The Labute approximate surface area is 93.8 Å². The molecule has 0 saturated carbocycles. The highest BCUT2D eigenvalue weighted by Crippen LogP contribution is 2.04. The zero-order chi connectivity index (χ0) is 11.4. The number of aliphatic hydroxyl groups excluding tert-OH is 1. The lowest BCUT2D eigenvalue weighted by atomic mass is 10.2. The molecule has 0 atom stereocenters. The Kier molecular flexibility index (Phi) is 3.26. The average Bonchev–Trinajstić information content (AvgIpc) is 2.66. The molecule has 0 spiro atoms. The minimum Gasteiger partial charge on any atom is -0.396 e. The molecule has 2 aromatic rings. The van der Waals surface area contributed by atoms with Gasteiger partial charge in [-0.25, -0.2) is 4.68 Å². The van der Waals surface area contributed by atoms with E-state index in [0.717, 1.165) is 16.8 Å². The van der Waals surface area contributed by atoms with E-state index in [4.69, 9.17) is 5.11 Å². The molecule has 0 fully saturated rings. The fourth-order valence-electron chi connectivity index (χ4n) is 1.54. The van der Waals surface area contributed by atoms with Gasteiger partial charge in [-0.2, -0.15) is 0 Å². The normalized spacial score (nSPS) is 10.6. The summed E-state index contributed by atoms with van der Waals surface area (Å²) in [6.07, 6.45) is 6.03. The van der Waals surface area contributed by atoms with Crippen molar-refractivity contribution in [1.29, 1.82) is 0 Å². The van der Waals surface area contributed by atoms with Crippen molar-refractivity contribution >= 4 is 0 Å². The molecule has 0 amide bonds. The van der Waals surface area contributed by atoms with Crippen molar-refractivity contribution in [1.82, 2.24) is 20.0 Å². The fourth-order valence-corrected chi connectivity index (χ4v) is 1.54. The predicted molar refractivity (Wildman–Crippen MR) is 58.9 cm³/mol. The number of aryl methyl sites for hydroxylation is 1. The van der Waals surface area contributed by atoms with E-state index >= 15 is 0 Å². The summed E-state index contributed by atoms with van der Waals surface area (Å²) in [4.78, 5) is 4.12. The van der Waals surface area contributed by atoms with Crippen LogP contribution in [0, 0.1) is 6.92 Å². The Morgan fingerprint density at radius 1 is 1.38 bits per heavy atom. The molecule has 16 heavy (non-hydrogen) atoms. The summed E-state index contributed by atoms with van der Waals surface area (Å²) >= 11 is 0.